The lowest BCUT2D eigenvalue weighted by molar-refractivity contribution is 0.522. The third kappa shape index (κ3) is 24.1. The first-order valence-corrected chi connectivity index (χ1v) is 11.1. The van der Waals surface area contributed by atoms with E-state index < -0.39 is 0 Å². The third-order valence-corrected chi connectivity index (χ3v) is 5.06. The number of nitrogens with two attached hydrogens (primary N) is 1. The summed E-state index contributed by atoms with van der Waals surface area (Å²) < 4.78 is 0. The summed E-state index contributed by atoms with van der Waals surface area (Å²) in [5.74, 6) is 0. The summed E-state index contributed by atoms with van der Waals surface area (Å²) in [7, 11) is 0. The SMILES string of the molecule is CCCCCCCCCCCCCCCCCCCCCCN.F. The number of halogens is 1. The van der Waals surface area contributed by atoms with E-state index in [9.17, 15) is 0 Å². The maximum absolute atomic E-state index is 5.51. The molecule has 0 atom stereocenters. The van der Waals surface area contributed by atoms with Gasteiger partial charge in [0.1, 0.15) is 0 Å². The molecule has 2 N–H and O–H groups in total. The van der Waals surface area contributed by atoms with Crippen LogP contribution in [-0.2, 0) is 0 Å². The lowest BCUT2D eigenvalue weighted by atomic mass is 10.0. The highest BCUT2D eigenvalue weighted by Crippen LogP contribution is 2.14. The van der Waals surface area contributed by atoms with Crippen LogP contribution in [0.15, 0.2) is 0 Å². The Kier molecular flexibility index (Phi) is 27.4. The van der Waals surface area contributed by atoms with Gasteiger partial charge in [0.25, 0.3) is 0 Å². The van der Waals surface area contributed by atoms with Crippen LogP contribution in [0.2, 0.25) is 0 Å². The molecule has 0 fully saturated rings. The van der Waals surface area contributed by atoms with Gasteiger partial charge in [0.2, 0.25) is 0 Å². The fourth-order valence-corrected chi connectivity index (χ4v) is 3.40. The summed E-state index contributed by atoms with van der Waals surface area (Å²) in [6, 6.07) is 0. The van der Waals surface area contributed by atoms with Crippen molar-refractivity contribution >= 4 is 0 Å². The zero-order valence-electron chi connectivity index (χ0n) is 16.8. The molecule has 148 valence electrons. The average molecular weight is 346 g/mol. The van der Waals surface area contributed by atoms with Crippen LogP contribution in [0.5, 0.6) is 0 Å². The van der Waals surface area contributed by atoms with E-state index >= 15 is 0 Å². The van der Waals surface area contributed by atoms with Crippen molar-refractivity contribution in [2.45, 2.75) is 135 Å². The number of rotatable bonds is 20. The normalized spacial score (nSPS) is 10.8. The molecule has 0 aromatic carbocycles. The first-order chi connectivity index (χ1) is 11.4. The summed E-state index contributed by atoms with van der Waals surface area (Å²) in [6.07, 6.45) is 28.8. The summed E-state index contributed by atoms with van der Waals surface area (Å²) in [6.45, 7) is 3.17. The summed E-state index contributed by atoms with van der Waals surface area (Å²) in [5, 5.41) is 0. The summed E-state index contributed by atoms with van der Waals surface area (Å²) in [4.78, 5) is 0. The predicted octanol–water partition coefficient (Wildman–Crippen LogP) is 7.92. The van der Waals surface area contributed by atoms with Gasteiger partial charge >= 0.3 is 0 Å². The predicted molar refractivity (Wildman–Crippen MR) is 110 cm³/mol. The number of hydrogen-bond donors (Lipinski definition) is 1. The lowest BCUT2D eigenvalue weighted by Gasteiger charge is -2.04. The Morgan fingerprint density at radius 1 is 0.375 bits per heavy atom. The van der Waals surface area contributed by atoms with Crippen LogP contribution in [0.1, 0.15) is 135 Å². The van der Waals surface area contributed by atoms with Crippen molar-refractivity contribution in [3.63, 3.8) is 0 Å². The zero-order valence-corrected chi connectivity index (χ0v) is 16.8. The molecule has 24 heavy (non-hydrogen) atoms. The molecular formula is C22H48FN. The minimum atomic E-state index is 0. The first kappa shape index (κ1) is 26.1. The van der Waals surface area contributed by atoms with Gasteiger partial charge in [0.05, 0.1) is 0 Å². The van der Waals surface area contributed by atoms with Gasteiger partial charge in [0.15, 0.2) is 0 Å². The molecule has 0 saturated carbocycles. The van der Waals surface area contributed by atoms with Crippen LogP contribution in [0.3, 0.4) is 0 Å². The summed E-state index contributed by atoms with van der Waals surface area (Å²) in [5.41, 5.74) is 5.51. The monoisotopic (exact) mass is 345 g/mol. The van der Waals surface area contributed by atoms with Crippen molar-refractivity contribution < 1.29 is 4.70 Å². The molecule has 0 aliphatic heterocycles. The second-order valence-corrected chi connectivity index (χ2v) is 7.51. The molecule has 0 radical (unpaired) electrons. The first-order valence-electron chi connectivity index (χ1n) is 11.1. The van der Waals surface area contributed by atoms with E-state index in [2.05, 4.69) is 6.92 Å². The second-order valence-electron chi connectivity index (χ2n) is 7.51. The van der Waals surface area contributed by atoms with E-state index in [0.29, 0.717) is 0 Å². The molecule has 0 unspecified atom stereocenters. The van der Waals surface area contributed by atoms with Gasteiger partial charge in [-0.15, -0.1) is 0 Å². The van der Waals surface area contributed by atoms with Crippen molar-refractivity contribution in [2.75, 3.05) is 6.54 Å². The van der Waals surface area contributed by atoms with Crippen molar-refractivity contribution in [1.82, 2.24) is 0 Å². The van der Waals surface area contributed by atoms with Crippen molar-refractivity contribution in [2.24, 2.45) is 5.73 Å². The molecule has 0 rings (SSSR count). The molecule has 0 heterocycles. The van der Waals surface area contributed by atoms with Crippen LogP contribution in [-0.4, -0.2) is 6.54 Å². The Balaban J connectivity index is 0. The Labute approximate surface area is 152 Å². The van der Waals surface area contributed by atoms with Crippen molar-refractivity contribution in [3.05, 3.63) is 0 Å². The maximum atomic E-state index is 5.51. The minimum absolute atomic E-state index is 0. The van der Waals surface area contributed by atoms with E-state index in [-0.39, 0.29) is 4.70 Å². The zero-order chi connectivity index (χ0) is 16.8. The molecule has 0 spiro atoms. The van der Waals surface area contributed by atoms with Gasteiger partial charge < -0.3 is 5.73 Å². The van der Waals surface area contributed by atoms with Crippen LogP contribution in [0, 0.1) is 0 Å². The van der Waals surface area contributed by atoms with Crippen molar-refractivity contribution in [1.29, 1.82) is 0 Å². The van der Waals surface area contributed by atoms with Gasteiger partial charge in [-0.25, -0.2) is 0 Å². The Morgan fingerprint density at radius 2 is 0.583 bits per heavy atom. The highest BCUT2D eigenvalue weighted by atomic mass is 19.0. The Morgan fingerprint density at radius 3 is 0.792 bits per heavy atom. The topological polar surface area (TPSA) is 26.0 Å². The number of hydrogen-bond acceptors (Lipinski definition) is 1. The van der Waals surface area contributed by atoms with Gasteiger partial charge in [-0.1, -0.05) is 129 Å². The minimum Gasteiger partial charge on any atom is -0.330 e. The van der Waals surface area contributed by atoms with Gasteiger partial charge in [0, 0.05) is 0 Å². The maximum Gasteiger partial charge on any atom is -0.00773 e. The molecular weight excluding hydrogens is 297 g/mol. The summed E-state index contributed by atoms with van der Waals surface area (Å²) >= 11 is 0. The van der Waals surface area contributed by atoms with E-state index in [4.69, 9.17) is 5.73 Å². The molecule has 0 aliphatic rings. The van der Waals surface area contributed by atoms with E-state index in [1.807, 2.05) is 0 Å². The fourth-order valence-electron chi connectivity index (χ4n) is 3.40. The van der Waals surface area contributed by atoms with Crippen LogP contribution in [0.4, 0.5) is 4.70 Å². The van der Waals surface area contributed by atoms with Gasteiger partial charge in [-0.3, -0.25) is 4.70 Å². The van der Waals surface area contributed by atoms with E-state index in [1.54, 1.807) is 0 Å². The average Bonchev–Trinajstić information content (AvgIpc) is 2.57. The van der Waals surface area contributed by atoms with E-state index in [1.165, 1.54) is 128 Å². The van der Waals surface area contributed by atoms with Crippen molar-refractivity contribution in [3.8, 4) is 0 Å². The fraction of sp³-hybridized carbons (Fsp3) is 1.00. The third-order valence-electron chi connectivity index (χ3n) is 5.06. The lowest BCUT2D eigenvalue weighted by Crippen LogP contribution is -1.97. The highest BCUT2D eigenvalue weighted by Gasteiger charge is 1.95. The molecule has 0 bridgehead atoms. The second kappa shape index (κ2) is 25.1. The Bertz CT molecular complexity index is 176. The molecule has 0 aromatic heterocycles. The smallest absolute Gasteiger partial charge is 0.00773 e. The largest absolute Gasteiger partial charge is 0.330 e. The van der Waals surface area contributed by atoms with Gasteiger partial charge in [-0.05, 0) is 13.0 Å². The van der Waals surface area contributed by atoms with Crippen LogP contribution < -0.4 is 5.73 Å². The van der Waals surface area contributed by atoms with Crippen LogP contribution >= 0.6 is 0 Å². The highest BCUT2D eigenvalue weighted by molar-refractivity contribution is 4.50. The van der Waals surface area contributed by atoms with Gasteiger partial charge in [-0.2, -0.15) is 0 Å². The molecule has 0 aliphatic carbocycles. The van der Waals surface area contributed by atoms with Crippen LogP contribution in [0.25, 0.3) is 0 Å². The van der Waals surface area contributed by atoms with E-state index in [0.717, 1.165) is 6.54 Å². The molecule has 0 amide bonds. The molecule has 1 nitrogen and oxygen atoms in total. The standard InChI is InChI=1S/C22H47N.FH/c1-2-3-4-5-6-7-8-9-10-11-12-13-14-15-16-17-18-19-20-21-22-23;/h2-23H2,1H3;1H. The Hall–Kier alpha value is -0.110. The molecule has 0 saturated heterocycles. The quantitative estimate of drug-likeness (QED) is 0.223. The molecule has 0 aromatic rings. The molecule has 2 heteroatoms. The number of unbranched alkanes of at least 4 members (excludes halogenated alkanes) is 19.